The summed E-state index contributed by atoms with van der Waals surface area (Å²) in [4.78, 5) is 0. The second-order valence-corrected chi connectivity index (χ2v) is 16.2. The van der Waals surface area contributed by atoms with Crippen LogP contribution in [0.1, 0.15) is 126 Å². The molecule has 7 aromatic rings. The molecule has 0 saturated carbocycles. The van der Waals surface area contributed by atoms with Crippen molar-refractivity contribution in [2.45, 2.75) is 91.9 Å². The van der Waals surface area contributed by atoms with Crippen LogP contribution in [0.15, 0.2) is 86.0 Å². The van der Waals surface area contributed by atoms with Crippen molar-refractivity contribution in [1.29, 1.82) is 0 Å². The van der Waals surface area contributed by atoms with Gasteiger partial charge in [-0.05, 0) is 158 Å². The van der Waals surface area contributed by atoms with E-state index in [1.54, 1.807) is 0 Å². The SMILES string of the molecule is C=Cc1cc2c(cc1C=C)C(C)(C)c1cc(C(C)C)c3cc4c5c(cc(C(C)C)c6cc-2c1c3c65)C(C)(C)c1cc2ccccc2cc1-4.CC. The summed E-state index contributed by atoms with van der Waals surface area (Å²) in [6, 6.07) is 28.9. The molecule has 50 heavy (non-hydrogen) atoms. The van der Waals surface area contributed by atoms with Gasteiger partial charge < -0.3 is 0 Å². The smallest absolute Gasteiger partial charge is 0.0159 e. The predicted molar refractivity (Wildman–Crippen MR) is 222 cm³/mol. The van der Waals surface area contributed by atoms with Crippen LogP contribution in [-0.4, -0.2) is 0 Å². The topological polar surface area (TPSA) is 0 Å². The zero-order chi connectivity index (χ0) is 35.6. The van der Waals surface area contributed by atoms with Gasteiger partial charge >= 0.3 is 0 Å². The maximum Gasteiger partial charge on any atom is 0.0159 e. The first-order valence-electron chi connectivity index (χ1n) is 18.7. The Morgan fingerprint density at radius 1 is 0.480 bits per heavy atom. The molecule has 0 N–H and O–H groups in total. The van der Waals surface area contributed by atoms with Crippen LogP contribution in [0.2, 0.25) is 0 Å². The van der Waals surface area contributed by atoms with E-state index in [0.717, 1.165) is 11.1 Å². The lowest BCUT2D eigenvalue weighted by atomic mass is 9.63. The van der Waals surface area contributed by atoms with Crippen LogP contribution in [0, 0.1) is 0 Å². The molecule has 0 heteroatoms. The van der Waals surface area contributed by atoms with E-state index in [4.69, 9.17) is 0 Å². The van der Waals surface area contributed by atoms with Crippen molar-refractivity contribution in [2.24, 2.45) is 0 Å². The maximum absolute atomic E-state index is 4.20. The van der Waals surface area contributed by atoms with E-state index in [-0.39, 0.29) is 10.8 Å². The molecule has 0 radical (unpaired) electrons. The Morgan fingerprint density at radius 3 is 1.36 bits per heavy atom. The quantitative estimate of drug-likeness (QED) is 0.166. The first-order valence-corrected chi connectivity index (χ1v) is 18.7. The molecule has 2 aliphatic carbocycles. The monoisotopic (exact) mass is 650 g/mol. The lowest BCUT2D eigenvalue weighted by Crippen LogP contribution is -2.26. The molecule has 0 bridgehead atoms. The normalized spacial score (nSPS) is 15.0. The zero-order valence-electron chi connectivity index (χ0n) is 31.7. The van der Waals surface area contributed by atoms with E-state index in [0.29, 0.717) is 11.8 Å². The summed E-state index contributed by atoms with van der Waals surface area (Å²) in [7, 11) is 0. The molecule has 0 spiro atoms. The van der Waals surface area contributed by atoms with Gasteiger partial charge in [-0.2, -0.15) is 0 Å². The molecule has 250 valence electrons. The van der Waals surface area contributed by atoms with Gasteiger partial charge in [0.25, 0.3) is 0 Å². The van der Waals surface area contributed by atoms with E-state index in [1.807, 2.05) is 26.0 Å². The molecule has 0 atom stereocenters. The van der Waals surface area contributed by atoms with Crippen LogP contribution in [0.4, 0.5) is 0 Å². The van der Waals surface area contributed by atoms with Gasteiger partial charge in [-0.3, -0.25) is 0 Å². The fraction of sp³-hybridized carbons (Fsp3) is 0.280. The lowest BCUT2D eigenvalue weighted by molar-refractivity contribution is 0.642. The third-order valence-electron chi connectivity index (χ3n) is 12.2. The van der Waals surface area contributed by atoms with Crippen LogP contribution in [0.5, 0.6) is 0 Å². The molecular formula is C50H50. The van der Waals surface area contributed by atoms with E-state index in [9.17, 15) is 0 Å². The fourth-order valence-electron chi connectivity index (χ4n) is 9.62. The Balaban J connectivity index is 0.00000177. The molecule has 0 aromatic heterocycles. The number of fused-ring (bicyclic) bond motifs is 5. The number of rotatable bonds is 4. The van der Waals surface area contributed by atoms with E-state index in [2.05, 4.69) is 141 Å². The molecule has 0 nitrogen and oxygen atoms in total. The molecule has 0 fully saturated rings. The minimum atomic E-state index is -0.180. The summed E-state index contributed by atoms with van der Waals surface area (Å²) in [5.41, 5.74) is 16.0. The molecule has 9 rings (SSSR count). The summed E-state index contributed by atoms with van der Waals surface area (Å²) >= 11 is 0. The van der Waals surface area contributed by atoms with Crippen molar-refractivity contribution < 1.29 is 0 Å². The maximum atomic E-state index is 4.20. The minimum Gasteiger partial charge on any atom is -0.0984 e. The van der Waals surface area contributed by atoms with Gasteiger partial charge in [-0.25, -0.2) is 0 Å². The second kappa shape index (κ2) is 10.9. The molecule has 0 unspecified atom stereocenters. The molecule has 0 saturated heterocycles. The zero-order valence-corrected chi connectivity index (χ0v) is 31.7. The van der Waals surface area contributed by atoms with E-state index >= 15 is 0 Å². The van der Waals surface area contributed by atoms with Crippen LogP contribution >= 0.6 is 0 Å². The Labute approximate surface area is 298 Å². The molecule has 0 heterocycles. The Hall–Kier alpha value is -4.68. The number of hydrogen-bond donors (Lipinski definition) is 0. The van der Waals surface area contributed by atoms with Gasteiger partial charge in [-0.15, -0.1) is 0 Å². The van der Waals surface area contributed by atoms with Crippen LogP contribution < -0.4 is 0 Å². The van der Waals surface area contributed by atoms with Crippen molar-refractivity contribution in [3.8, 4) is 22.3 Å². The van der Waals surface area contributed by atoms with Crippen molar-refractivity contribution in [1.82, 2.24) is 0 Å². The molecular weight excluding hydrogens is 601 g/mol. The summed E-state index contributed by atoms with van der Waals surface area (Å²) in [5, 5.41) is 11.2. The summed E-state index contributed by atoms with van der Waals surface area (Å²) < 4.78 is 0. The Morgan fingerprint density at radius 2 is 0.900 bits per heavy atom. The highest BCUT2D eigenvalue weighted by Crippen LogP contribution is 2.59. The van der Waals surface area contributed by atoms with Crippen LogP contribution in [0.25, 0.3) is 77.5 Å². The number of hydrogen-bond acceptors (Lipinski definition) is 0. The van der Waals surface area contributed by atoms with Crippen molar-refractivity contribution in [2.75, 3.05) is 0 Å². The third kappa shape index (κ3) is 4.06. The number of benzene rings is 7. The van der Waals surface area contributed by atoms with E-state index < -0.39 is 0 Å². The fourth-order valence-corrected chi connectivity index (χ4v) is 9.62. The van der Waals surface area contributed by atoms with Gasteiger partial charge in [0.05, 0.1) is 0 Å². The van der Waals surface area contributed by atoms with Gasteiger partial charge in [0.15, 0.2) is 0 Å². The molecule has 7 aromatic carbocycles. The standard InChI is InChI=1S/C48H44.C2H6/c1-11-27-17-33-37-21-35-32(26(5)6)24-42-44-38(34-18-29-15-13-14-16-30(29)20-40(34)48(42,9)10)22-36-31(25(3)4)23-41(43(37)45(36)46(35)44)47(7,8)39(33)19-28(27)12-2;1-2/h11-26H,1-2H2,3-10H3;1-2H3. The lowest BCUT2D eigenvalue weighted by Gasteiger charge is -2.40. The van der Waals surface area contributed by atoms with Gasteiger partial charge in [0, 0.05) is 10.8 Å². The van der Waals surface area contributed by atoms with Crippen molar-refractivity contribution >= 4 is 55.2 Å². The Kier molecular flexibility index (Phi) is 7.09. The van der Waals surface area contributed by atoms with E-state index in [1.165, 1.54) is 98.7 Å². The molecule has 0 aliphatic heterocycles. The highest BCUT2D eigenvalue weighted by Gasteiger charge is 2.40. The summed E-state index contributed by atoms with van der Waals surface area (Å²) in [5.74, 6) is 0.761. The van der Waals surface area contributed by atoms with Gasteiger partial charge in [0.2, 0.25) is 0 Å². The highest BCUT2D eigenvalue weighted by molar-refractivity contribution is 6.33. The highest BCUT2D eigenvalue weighted by atomic mass is 14.4. The van der Waals surface area contributed by atoms with Crippen LogP contribution in [0.3, 0.4) is 0 Å². The van der Waals surface area contributed by atoms with Gasteiger partial charge in [-0.1, -0.05) is 131 Å². The van der Waals surface area contributed by atoms with Crippen LogP contribution in [-0.2, 0) is 10.8 Å². The minimum absolute atomic E-state index is 0.145. The third-order valence-corrected chi connectivity index (χ3v) is 12.2. The van der Waals surface area contributed by atoms with Crippen molar-refractivity contribution in [3.63, 3.8) is 0 Å². The first-order chi connectivity index (χ1) is 23.9. The second-order valence-electron chi connectivity index (χ2n) is 16.2. The van der Waals surface area contributed by atoms with Gasteiger partial charge in [0.1, 0.15) is 0 Å². The predicted octanol–water partition coefficient (Wildman–Crippen LogP) is 14.9. The summed E-state index contributed by atoms with van der Waals surface area (Å²) in [6.07, 6.45) is 3.97. The molecule has 2 aliphatic rings. The Bertz CT molecular complexity index is 2580. The average molecular weight is 651 g/mol. The molecule has 0 amide bonds. The first kappa shape index (κ1) is 32.5. The largest absolute Gasteiger partial charge is 0.0984 e. The average Bonchev–Trinajstić information content (AvgIpc) is 3.11. The summed E-state index contributed by atoms with van der Waals surface area (Å²) in [6.45, 7) is 31.6. The van der Waals surface area contributed by atoms with Crippen molar-refractivity contribution in [3.05, 3.63) is 130 Å².